The number of nitrogens with one attached hydrogen (secondary N) is 1. The van der Waals surface area contributed by atoms with Crippen LogP contribution in [0, 0.1) is 0 Å². The molecule has 0 heterocycles. The van der Waals surface area contributed by atoms with Crippen LogP contribution in [-0.4, -0.2) is 34.1 Å². The predicted molar refractivity (Wildman–Crippen MR) is 137 cm³/mol. The van der Waals surface area contributed by atoms with Crippen LogP contribution in [0.25, 0.3) is 10.8 Å². The van der Waals surface area contributed by atoms with Crippen molar-refractivity contribution in [2.24, 2.45) is 20.5 Å². The van der Waals surface area contributed by atoms with Gasteiger partial charge in [-0.15, -0.1) is 0 Å². The molecule has 0 fully saturated rings. The van der Waals surface area contributed by atoms with Crippen molar-refractivity contribution >= 4 is 56.6 Å². The standard InChI is InChI=1S/C24H20N5O5S2.Mo/c1-36(33,34)15-25-20-13-12-18-19(22(20)28-26-16-8-4-2-5-9-16)14-21(35(31)32)23(24(18)30)29-27-17-10-6-3-7-11-17;/h2-14,25,30H,15H2,1H3;/b28-26+,29-27+;. The summed E-state index contributed by atoms with van der Waals surface area (Å²) in [6, 6.07) is 21.9. The number of azo groups is 2. The SMILES string of the molecule is CS(=O)(=O)CNc1ccc2c(O)c(/N=N/c3ccccc3)c([S](=O)(=O)[Mo])cc2c1/N=N/c1ccccc1. The number of anilines is 1. The molecule has 2 N–H and O–H groups in total. The van der Waals surface area contributed by atoms with Crippen LogP contribution in [-0.2, 0) is 35.9 Å². The number of phenols is 1. The second kappa shape index (κ2) is 10.9. The van der Waals surface area contributed by atoms with Gasteiger partial charge >= 0.3 is 224 Å². The van der Waals surface area contributed by atoms with Gasteiger partial charge in [0.2, 0.25) is 0 Å². The van der Waals surface area contributed by atoms with E-state index < -0.39 is 23.1 Å². The average Bonchev–Trinajstić information content (AvgIpc) is 2.85. The molecule has 0 aliphatic rings. The van der Waals surface area contributed by atoms with Crippen molar-refractivity contribution in [2.45, 2.75) is 4.90 Å². The molecule has 0 aliphatic carbocycles. The van der Waals surface area contributed by atoms with Crippen molar-refractivity contribution in [3.05, 3.63) is 78.9 Å². The number of fused-ring (bicyclic) bond motifs is 1. The minimum absolute atomic E-state index is 0.151. The molecule has 10 nitrogen and oxygen atoms in total. The van der Waals surface area contributed by atoms with Crippen molar-refractivity contribution in [3.63, 3.8) is 0 Å². The number of rotatable bonds is 8. The summed E-state index contributed by atoms with van der Waals surface area (Å²) in [6.45, 7) is 0. The summed E-state index contributed by atoms with van der Waals surface area (Å²) in [7, 11) is -7.27. The molecule has 0 aliphatic heterocycles. The number of nitrogens with zero attached hydrogens (tertiary/aromatic N) is 4. The van der Waals surface area contributed by atoms with Gasteiger partial charge in [0.15, 0.2) is 0 Å². The Bertz CT molecular complexity index is 1730. The van der Waals surface area contributed by atoms with Crippen molar-refractivity contribution in [1.29, 1.82) is 0 Å². The molecular weight excluding hydrogens is 598 g/mol. The summed E-state index contributed by atoms with van der Waals surface area (Å²) in [5.41, 5.74) is 1.22. The third-order valence-electron chi connectivity index (χ3n) is 5.04. The fraction of sp³-hybridized carbons (Fsp3) is 0.0833. The molecule has 4 aromatic carbocycles. The maximum absolute atomic E-state index is 12.7. The zero-order valence-corrected chi connectivity index (χ0v) is 22.9. The molecular formula is C24H20MoN5O5S2. The Balaban J connectivity index is 1.96. The number of sulfone groups is 1. The van der Waals surface area contributed by atoms with Crippen LogP contribution < -0.4 is 5.32 Å². The molecule has 13 heteroatoms. The zero-order chi connectivity index (χ0) is 26.6. The van der Waals surface area contributed by atoms with Gasteiger partial charge in [-0.3, -0.25) is 0 Å². The van der Waals surface area contributed by atoms with E-state index in [2.05, 4.69) is 25.8 Å². The molecule has 4 rings (SSSR count). The fourth-order valence-electron chi connectivity index (χ4n) is 3.36. The summed E-state index contributed by atoms with van der Waals surface area (Å²) in [5, 5.41) is 31.0. The molecule has 0 unspecified atom stereocenters. The predicted octanol–water partition coefficient (Wildman–Crippen LogP) is 6.03. The van der Waals surface area contributed by atoms with Gasteiger partial charge in [0.1, 0.15) is 0 Å². The Hall–Kier alpha value is -3.47. The van der Waals surface area contributed by atoms with E-state index >= 15 is 0 Å². The molecule has 0 saturated carbocycles. The van der Waals surface area contributed by atoms with Crippen LogP contribution in [0.1, 0.15) is 0 Å². The Kier molecular flexibility index (Phi) is 7.81. The van der Waals surface area contributed by atoms with E-state index in [9.17, 15) is 21.9 Å². The summed E-state index contributed by atoms with van der Waals surface area (Å²) in [6.07, 6.45) is 1.07. The number of phenolic OH excluding ortho intramolecular Hbond substituents is 1. The Morgan fingerprint density at radius 3 is 1.81 bits per heavy atom. The van der Waals surface area contributed by atoms with Gasteiger partial charge in [-0.2, -0.15) is 0 Å². The Labute approximate surface area is 223 Å². The van der Waals surface area contributed by atoms with Crippen molar-refractivity contribution < 1.29 is 40.5 Å². The van der Waals surface area contributed by atoms with E-state index in [1.165, 1.54) is 18.2 Å². The van der Waals surface area contributed by atoms with Crippen LogP contribution in [0.5, 0.6) is 5.75 Å². The summed E-state index contributed by atoms with van der Waals surface area (Å²) >= 11 is 0.903. The molecule has 0 radical (unpaired) electrons. The van der Waals surface area contributed by atoms with Gasteiger partial charge < -0.3 is 0 Å². The monoisotopic (exact) mass is 620 g/mol. The van der Waals surface area contributed by atoms with Crippen LogP contribution in [0.15, 0.2) is 104 Å². The maximum atomic E-state index is 12.7. The first-order chi connectivity index (χ1) is 17.5. The topological polar surface area (TPSA) is 150 Å². The first-order valence-corrected chi connectivity index (χ1v) is 16.6. The Morgan fingerprint density at radius 2 is 1.30 bits per heavy atom. The first-order valence-electron chi connectivity index (χ1n) is 10.7. The number of hydrogen-bond acceptors (Lipinski definition) is 10. The van der Waals surface area contributed by atoms with E-state index in [0.29, 0.717) is 11.4 Å². The molecule has 0 spiro atoms. The van der Waals surface area contributed by atoms with Crippen molar-refractivity contribution in [3.8, 4) is 5.75 Å². The fourth-order valence-corrected chi connectivity index (χ4v) is 5.35. The second-order valence-corrected chi connectivity index (χ2v) is 14.6. The molecule has 0 atom stereocenters. The van der Waals surface area contributed by atoms with Gasteiger partial charge in [0.05, 0.1) is 0 Å². The van der Waals surface area contributed by atoms with Gasteiger partial charge in [0, 0.05) is 0 Å². The van der Waals surface area contributed by atoms with Crippen LogP contribution in [0.3, 0.4) is 0 Å². The zero-order valence-electron chi connectivity index (χ0n) is 19.3. The molecule has 4 aromatic rings. The van der Waals surface area contributed by atoms with E-state index in [0.717, 1.165) is 24.8 Å². The van der Waals surface area contributed by atoms with Gasteiger partial charge in [0.25, 0.3) is 0 Å². The second-order valence-electron chi connectivity index (χ2n) is 7.90. The van der Waals surface area contributed by atoms with Crippen molar-refractivity contribution in [1.82, 2.24) is 0 Å². The number of aromatic hydroxyl groups is 1. The van der Waals surface area contributed by atoms with Crippen LogP contribution in [0.4, 0.5) is 28.4 Å². The Morgan fingerprint density at radius 1 is 0.757 bits per heavy atom. The van der Waals surface area contributed by atoms with Gasteiger partial charge in [-0.1, -0.05) is 0 Å². The summed E-state index contributed by atoms with van der Waals surface area (Å²) in [4.78, 5) is -0.265. The number of benzene rings is 4. The van der Waals surface area contributed by atoms with Crippen LogP contribution >= 0.6 is 0 Å². The average molecular weight is 619 g/mol. The molecule has 37 heavy (non-hydrogen) atoms. The van der Waals surface area contributed by atoms with Gasteiger partial charge in [-0.25, -0.2) is 0 Å². The summed E-state index contributed by atoms with van der Waals surface area (Å²) < 4.78 is 49.0. The molecule has 0 amide bonds. The molecule has 0 saturated heterocycles. The number of hydrogen-bond donors (Lipinski definition) is 2. The van der Waals surface area contributed by atoms with E-state index in [4.69, 9.17) is 0 Å². The van der Waals surface area contributed by atoms with Crippen molar-refractivity contribution in [2.75, 3.05) is 17.4 Å². The third kappa shape index (κ3) is 6.65. The van der Waals surface area contributed by atoms with E-state index in [1.807, 2.05) is 6.07 Å². The van der Waals surface area contributed by atoms with Crippen LogP contribution in [0.2, 0.25) is 0 Å². The quantitative estimate of drug-likeness (QED) is 0.182. The molecule has 189 valence electrons. The normalized spacial score (nSPS) is 12.5. The first kappa shape index (κ1) is 26.6. The minimum atomic E-state index is -3.88. The molecule has 0 aromatic heterocycles. The third-order valence-corrected chi connectivity index (χ3v) is 7.89. The van der Waals surface area contributed by atoms with E-state index in [-0.39, 0.29) is 38.6 Å². The summed E-state index contributed by atoms with van der Waals surface area (Å²) in [5.74, 6) is -0.800. The van der Waals surface area contributed by atoms with Gasteiger partial charge in [-0.05, 0) is 0 Å². The van der Waals surface area contributed by atoms with E-state index in [1.54, 1.807) is 54.6 Å². The molecule has 0 bridgehead atoms.